The first kappa shape index (κ1) is 14.4. The number of amidine groups is 1. The summed E-state index contributed by atoms with van der Waals surface area (Å²) in [4.78, 5) is 13.9. The summed E-state index contributed by atoms with van der Waals surface area (Å²) in [6.45, 7) is 1.90. The first-order valence-electron chi connectivity index (χ1n) is 6.09. The molecule has 108 valence electrons. The largest absolute Gasteiger partial charge is 0.275 e. The van der Waals surface area contributed by atoms with E-state index < -0.39 is 0 Å². The number of halogens is 2. The molecule has 0 atom stereocenters. The second-order valence-corrected chi connectivity index (χ2v) is 6.17. The van der Waals surface area contributed by atoms with Crippen LogP contribution in [0.2, 0.25) is 10.3 Å². The van der Waals surface area contributed by atoms with Crippen molar-refractivity contribution >= 4 is 51.6 Å². The molecule has 0 spiro atoms. The number of benzene rings is 1. The number of fused-ring (bicyclic) bond motifs is 1. The molecule has 0 fully saturated rings. The summed E-state index contributed by atoms with van der Waals surface area (Å²) >= 11 is 13.2. The molecule has 0 unspecified atom stereocenters. The first-order valence-corrected chi connectivity index (χ1v) is 7.67. The lowest BCUT2D eigenvalue weighted by molar-refractivity contribution is 0.825. The van der Waals surface area contributed by atoms with Gasteiger partial charge in [0.15, 0.2) is 11.0 Å². The van der Waals surface area contributed by atoms with Crippen molar-refractivity contribution < 1.29 is 0 Å². The van der Waals surface area contributed by atoms with Gasteiger partial charge in [-0.25, -0.2) is 9.98 Å². The van der Waals surface area contributed by atoms with E-state index in [0.29, 0.717) is 5.02 Å². The lowest BCUT2D eigenvalue weighted by atomic mass is 10.3. The predicted molar refractivity (Wildman–Crippen MR) is 87.7 cm³/mol. The number of aliphatic imine (C=N–C) groups is 1. The van der Waals surface area contributed by atoms with Crippen molar-refractivity contribution in [2.45, 2.75) is 11.8 Å². The molecular weight excluding hydrogens is 329 g/mol. The SMILES string of the molecule is Cc1nc(Cl)nc2c1SC(=Nc1ccc(Cl)cc1)NN2C. The number of nitrogens with zero attached hydrogens (tertiary/aromatic N) is 4. The van der Waals surface area contributed by atoms with E-state index in [4.69, 9.17) is 23.2 Å². The quantitative estimate of drug-likeness (QED) is 0.800. The zero-order valence-electron chi connectivity index (χ0n) is 11.3. The van der Waals surface area contributed by atoms with Gasteiger partial charge in [-0.05, 0) is 54.6 Å². The Morgan fingerprint density at radius 1 is 1.19 bits per heavy atom. The third-order valence-corrected chi connectivity index (χ3v) is 4.31. The maximum absolute atomic E-state index is 5.90. The molecule has 0 radical (unpaired) electrons. The van der Waals surface area contributed by atoms with Crippen molar-refractivity contribution in [1.82, 2.24) is 15.4 Å². The van der Waals surface area contributed by atoms with Crippen LogP contribution in [0.1, 0.15) is 5.69 Å². The molecule has 5 nitrogen and oxygen atoms in total. The summed E-state index contributed by atoms with van der Waals surface area (Å²) in [5.41, 5.74) is 4.80. The maximum atomic E-state index is 5.90. The number of hydrazine groups is 1. The van der Waals surface area contributed by atoms with Gasteiger partial charge in [-0.1, -0.05) is 11.6 Å². The third kappa shape index (κ3) is 3.07. The Labute approximate surface area is 136 Å². The molecule has 0 bridgehead atoms. The van der Waals surface area contributed by atoms with Crippen LogP contribution in [-0.4, -0.2) is 22.2 Å². The summed E-state index contributed by atoms with van der Waals surface area (Å²) in [5, 5.41) is 3.44. The van der Waals surface area contributed by atoms with Gasteiger partial charge in [-0.2, -0.15) is 4.98 Å². The van der Waals surface area contributed by atoms with Gasteiger partial charge >= 0.3 is 0 Å². The van der Waals surface area contributed by atoms with E-state index in [-0.39, 0.29) is 5.28 Å². The minimum absolute atomic E-state index is 0.235. The van der Waals surface area contributed by atoms with E-state index in [1.165, 1.54) is 11.8 Å². The first-order chi connectivity index (χ1) is 10.0. The Morgan fingerprint density at radius 2 is 1.90 bits per heavy atom. The van der Waals surface area contributed by atoms with Crippen LogP contribution >= 0.6 is 35.0 Å². The van der Waals surface area contributed by atoms with Crippen LogP contribution in [-0.2, 0) is 0 Å². The second kappa shape index (κ2) is 5.71. The average Bonchev–Trinajstić information content (AvgIpc) is 2.43. The summed E-state index contributed by atoms with van der Waals surface area (Å²) < 4.78 is 0. The van der Waals surface area contributed by atoms with Crippen molar-refractivity contribution in [1.29, 1.82) is 0 Å². The molecule has 3 rings (SSSR count). The molecule has 2 aromatic rings. The van der Waals surface area contributed by atoms with E-state index in [2.05, 4.69) is 20.4 Å². The fourth-order valence-electron chi connectivity index (χ4n) is 1.86. The van der Waals surface area contributed by atoms with Gasteiger partial charge in [-0.3, -0.25) is 10.4 Å². The number of hydrogen-bond donors (Lipinski definition) is 1. The van der Waals surface area contributed by atoms with Crippen LogP contribution < -0.4 is 10.4 Å². The fourth-order valence-corrected chi connectivity index (χ4v) is 3.18. The predicted octanol–water partition coefficient (Wildman–Crippen LogP) is 3.83. The average molecular weight is 340 g/mol. The standard InChI is InChI=1S/C13H11Cl2N5S/c1-7-10-11(18-12(15)16-7)20(2)19-13(21-10)17-9-5-3-8(14)4-6-9/h3-6H,1-2H3,(H,17,19). The van der Waals surface area contributed by atoms with E-state index >= 15 is 0 Å². The number of thioether (sulfide) groups is 1. The maximum Gasteiger partial charge on any atom is 0.224 e. The highest BCUT2D eigenvalue weighted by molar-refractivity contribution is 8.14. The monoisotopic (exact) mass is 339 g/mol. The summed E-state index contributed by atoms with van der Waals surface area (Å²) in [7, 11) is 1.86. The van der Waals surface area contributed by atoms with Gasteiger partial charge < -0.3 is 0 Å². The van der Waals surface area contributed by atoms with Crippen LogP contribution in [0, 0.1) is 6.92 Å². The smallest absolute Gasteiger partial charge is 0.224 e. The van der Waals surface area contributed by atoms with Crippen molar-refractivity contribution in [2.75, 3.05) is 12.1 Å². The normalized spacial score (nSPS) is 15.8. The van der Waals surface area contributed by atoms with Gasteiger partial charge in [0, 0.05) is 12.1 Å². The van der Waals surface area contributed by atoms with Crippen LogP contribution in [0.4, 0.5) is 11.5 Å². The van der Waals surface area contributed by atoms with Crippen LogP contribution in [0.25, 0.3) is 0 Å². The van der Waals surface area contributed by atoms with E-state index in [9.17, 15) is 0 Å². The van der Waals surface area contributed by atoms with E-state index in [1.807, 2.05) is 26.1 Å². The Hall–Kier alpha value is -1.50. The van der Waals surface area contributed by atoms with Crippen LogP contribution in [0.3, 0.4) is 0 Å². The lowest BCUT2D eigenvalue weighted by Gasteiger charge is -2.28. The van der Waals surface area contributed by atoms with E-state index in [0.717, 1.165) is 27.3 Å². The zero-order chi connectivity index (χ0) is 15.0. The summed E-state index contributed by atoms with van der Waals surface area (Å²) in [5.74, 6) is 0.743. The zero-order valence-corrected chi connectivity index (χ0v) is 13.6. The summed E-state index contributed by atoms with van der Waals surface area (Å²) in [6.07, 6.45) is 0. The molecule has 1 aliphatic rings. The van der Waals surface area contributed by atoms with Gasteiger partial charge in [0.2, 0.25) is 5.28 Å². The Balaban J connectivity index is 1.96. The molecule has 1 aromatic heterocycles. The number of aryl methyl sites for hydroxylation is 1. The molecule has 0 saturated heterocycles. The van der Waals surface area contributed by atoms with Gasteiger partial charge in [-0.15, -0.1) is 0 Å². The van der Waals surface area contributed by atoms with Crippen molar-refractivity contribution in [2.24, 2.45) is 4.99 Å². The molecule has 8 heteroatoms. The van der Waals surface area contributed by atoms with Crippen molar-refractivity contribution in [3.8, 4) is 0 Å². The molecular formula is C13H11Cl2N5S. The minimum Gasteiger partial charge on any atom is -0.275 e. The second-order valence-electron chi connectivity index (χ2n) is 4.40. The number of anilines is 1. The molecule has 1 aliphatic heterocycles. The van der Waals surface area contributed by atoms with E-state index in [1.54, 1.807) is 17.1 Å². The number of rotatable bonds is 1. The molecule has 0 saturated carbocycles. The Morgan fingerprint density at radius 3 is 2.62 bits per heavy atom. The topological polar surface area (TPSA) is 53.4 Å². The molecule has 0 aliphatic carbocycles. The Kier molecular flexibility index (Phi) is 3.93. The highest BCUT2D eigenvalue weighted by Gasteiger charge is 2.23. The van der Waals surface area contributed by atoms with Crippen molar-refractivity contribution in [3.05, 3.63) is 40.3 Å². The van der Waals surface area contributed by atoms with Gasteiger partial charge in [0.1, 0.15) is 0 Å². The highest BCUT2D eigenvalue weighted by Crippen LogP contribution is 2.35. The van der Waals surface area contributed by atoms with Gasteiger partial charge in [0.25, 0.3) is 0 Å². The number of nitrogens with one attached hydrogen (secondary N) is 1. The number of aromatic nitrogens is 2. The minimum atomic E-state index is 0.235. The van der Waals surface area contributed by atoms with Crippen molar-refractivity contribution in [3.63, 3.8) is 0 Å². The van der Waals surface area contributed by atoms with Crippen LogP contribution in [0.15, 0.2) is 34.2 Å². The third-order valence-electron chi connectivity index (χ3n) is 2.83. The Bertz CT molecular complexity index is 717. The molecule has 2 heterocycles. The molecule has 1 aromatic carbocycles. The molecule has 0 amide bonds. The fraction of sp³-hybridized carbons (Fsp3) is 0.154. The van der Waals surface area contributed by atoms with Crippen LogP contribution in [0.5, 0.6) is 0 Å². The van der Waals surface area contributed by atoms with Gasteiger partial charge in [0.05, 0.1) is 16.3 Å². The molecule has 21 heavy (non-hydrogen) atoms. The number of hydrogen-bond acceptors (Lipinski definition) is 5. The highest BCUT2D eigenvalue weighted by atomic mass is 35.5. The summed E-state index contributed by atoms with van der Waals surface area (Å²) in [6, 6.07) is 7.33. The lowest BCUT2D eigenvalue weighted by Crippen LogP contribution is -2.41. The molecule has 1 N–H and O–H groups in total.